The molecule has 1 saturated heterocycles. The molecule has 1 aliphatic heterocycles. The lowest BCUT2D eigenvalue weighted by Crippen LogP contribution is -2.43. The number of piperidine rings is 1. The molecule has 1 amide bonds. The Kier molecular flexibility index (Phi) is 7.08. The van der Waals surface area contributed by atoms with Gasteiger partial charge in [-0.1, -0.05) is 0 Å². The van der Waals surface area contributed by atoms with Gasteiger partial charge in [0.2, 0.25) is 0 Å². The summed E-state index contributed by atoms with van der Waals surface area (Å²) in [5.74, 6) is 0.268. The molecule has 0 unspecified atom stereocenters. The van der Waals surface area contributed by atoms with E-state index in [-0.39, 0.29) is 12.1 Å². The van der Waals surface area contributed by atoms with Crippen LogP contribution in [0, 0.1) is 5.92 Å². The van der Waals surface area contributed by atoms with E-state index >= 15 is 0 Å². The van der Waals surface area contributed by atoms with Crippen LogP contribution in [0.15, 0.2) is 0 Å². The predicted molar refractivity (Wildman–Crippen MR) is 93.9 cm³/mol. The van der Waals surface area contributed by atoms with Gasteiger partial charge in [0.15, 0.2) is 0 Å². The molecule has 0 aromatic carbocycles. The Labute approximate surface area is 146 Å². The lowest BCUT2D eigenvalue weighted by molar-refractivity contribution is -0.156. The predicted octanol–water partition coefficient (Wildman–Crippen LogP) is 2.91. The summed E-state index contributed by atoms with van der Waals surface area (Å²) in [6.07, 6.45) is 1.66. The highest BCUT2D eigenvalue weighted by Crippen LogP contribution is 2.19. The van der Waals surface area contributed by atoms with Crippen LogP contribution in [-0.2, 0) is 14.3 Å². The molecule has 0 bridgehead atoms. The first kappa shape index (κ1) is 20.7. The van der Waals surface area contributed by atoms with Crippen LogP contribution in [-0.4, -0.2) is 66.3 Å². The lowest BCUT2D eigenvalue weighted by atomic mass is 9.96. The highest BCUT2D eigenvalue weighted by molar-refractivity contribution is 5.72. The molecule has 0 N–H and O–H groups in total. The summed E-state index contributed by atoms with van der Waals surface area (Å²) in [4.78, 5) is 27.7. The third kappa shape index (κ3) is 8.52. The van der Waals surface area contributed by atoms with Crippen molar-refractivity contribution in [2.24, 2.45) is 5.92 Å². The summed E-state index contributed by atoms with van der Waals surface area (Å²) in [5.41, 5.74) is -0.909. The second-order valence-corrected chi connectivity index (χ2v) is 8.67. The van der Waals surface area contributed by atoms with Crippen LogP contribution >= 0.6 is 0 Å². The van der Waals surface area contributed by atoms with Crippen LogP contribution in [0.1, 0.15) is 54.4 Å². The van der Waals surface area contributed by atoms with E-state index in [1.54, 1.807) is 11.9 Å². The van der Waals surface area contributed by atoms with Gasteiger partial charge in [0.05, 0.1) is 6.54 Å². The minimum Gasteiger partial charge on any atom is -0.459 e. The SMILES string of the molecule is CN(CC1CCN(CC(=O)OC(C)(C)C)CC1)C(=O)OC(C)(C)C. The number of hydrogen-bond acceptors (Lipinski definition) is 5. The fraction of sp³-hybridized carbons (Fsp3) is 0.889. The highest BCUT2D eigenvalue weighted by atomic mass is 16.6. The molecule has 0 aromatic rings. The average Bonchev–Trinajstić information content (AvgIpc) is 2.36. The van der Waals surface area contributed by atoms with Gasteiger partial charge >= 0.3 is 12.1 Å². The van der Waals surface area contributed by atoms with Gasteiger partial charge < -0.3 is 14.4 Å². The molecule has 0 aliphatic carbocycles. The zero-order chi connectivity index (χ0) is 18.5. The maximum atomic E-state index is 12.0. The molecular formula is C18H34N2O4. The van der Waals surface area contributed by atoms with Gasteiger partial charge in [-0.15, -0.1) is 0 Å². The number of esters is 1. The number of carbonyl (C=O) groups excluding carboxylic acids is 2. The van der Waals surface area contributed by atoms with Crippen molar-refractivity contribution in [3.05, 3.63) is 0 Å². The van der Waals surface area contributed by atoms with Gasteiger partial charge in [-0.3, -0.25) is 9.69 Å². The largest absolute Gasteiger partial charge is 0.459 e. The summed E-state index contributed by atoms with van der Waals surface area (Å²) in [6.45, 7) is 14.0. The van der Waals surface area contributed by atoms with Crippen LogP contribution in [0.4, 0.5) is 4.79 Å². The normalized spacial score (nSPS) is 17.5. The second-order valence-electron chi connectivity index (χ2n) is 8.67. The van der Waals surface area contributed by atoms with Crippen LogP contribution < -0.4 is 0 Å². The molecule has 6 heteroatoms. The number of ether oxygens (including phenoxy) is 2. The molecule has 24 heavy (non-hydrogen) atoms. The third-order valence-corrected chi connectivity index (χ3v) is 3.72. The zero-order valence-electron chi connectivity index (χ0n) is 16.3. The molecule has 0 radical (unpaired) electrons. The van der Waals surface area contributed by atoms with E-state index in [0.717, 1.165) is 25.9 Å². The van der Waals surface area contributed by atoms with Gasteiger partial charge in [-0.25, -0.2) is 4.79 Å². The summed E-state index contributed by atoms with van der Waals surface area (Å²) >= 11 is 0. The molecule has 1 fully saturated rings. The van der Waals surface area contributed by atoms with E-state index in [0.29, 0.717) is 19.0 Å². The molecule has 1 aliphatic rings. The van der Waals surface area contributed by atoms with Crippen LogP contribution in [0.2, 0.25) is 0 Å². The molecular weight excluding hydrogens is 308 g/mol. The smallest absolute Gasteiger partial charge is 0.410 e. The number of hydrogen-bond donors (Lipinski definition) is 0. The van der Waals surface area contributed by atoms with Crippen LogP contribution in [0.25, 0.3) is 0 Å². The Balaban J connectivity index is 2.33. The van der Waals surface area contributed by atoms with Crippen LogP contribution in [0.5, 0.6) is 0 Å². The van der Waals surface area contributed by atoms with E-state index in [1.807, 2.05) is 41.5 Å². The molecule has 1 heterocycles. The Morgan fingerprint density at radius 3 is 1.96 bits per heavy atom. The van der Waals surface area contributed by atoms with Crippen molar-refractivity contribution >= 4 is 12.1 Å². The second kappa shape index (κ2) is 8.19. The summed E-state index contributed by atoms with van der Waals surface area (Å²) < 4.78 is 10.7. The number of rotatable bonds is 4. The zero-order valence-corrected chi connectivity index (χ0v) is 16.3. The number of nitrogens with zero attached hydrogens (tertiary/aromatic N) is 2. The van der Waals surface area contributed by atoms with E-state index < -0.39 is 11.2 Å². The van der Waals surface area contributed by atoms with Crippen molar-refractivity contribution in [3.8, 4) is 0 Å². The van der Waals surface area contributed by atoms with Crippen molar-refractivity contribution in [2.75, 3.05) is 33.2 Å². The molecule has 140 valence electrons. The third-order valence-electron chi connectivity index (χ3n) is 3.72. The van der Waals surface area contributed by atoms with E-state index in [4.69, 9.17) is 9.47 Å². The molecule has 0 saturated carbocycles. The Hall–Kier alpha value is -1.30. The topological polar surface area (TPSA) is 59.1 Å². The lowest BCUT2D eigenvalue weighted by Gasteiger charge is -2.34. The van der Waals surface area contributed by atoms with Crippen molar-refractivity contribution < 1.29 is 19.1 Å². The van der Waals surface area contributed by atoms with Crippen LogP contribution in [0.3, 0.4) is 0 Å². The van der Waals surface area contributed by atoms with Crippen molar-refractivity contribution in [3.63, 3.8) is 0 Å². The van der Waals surface area contributed by atoms with Gasteiger partial charge in [0.25, 0.3) is 0 Å². The van der Waals surface area contributed by atoms with E-state index in [2.05, 4.69) is 4.90 Å². The van der Waals surface area contributed by atoms with Crippen molar-refractivity contribution in [1.29, 1.82) is 0 Å². The Morgan fingerprint density at radius 2 is 1.50 bits per heavy atom. The van der Waals surface area contributed by atoms with Crippen molar-refractivity contribution in [2.45, 2.75) is 65.6 Å². The van der Waals surface area contributed by atoms with Gasteiger partial charge in [-0.05, 0) is 73.4 Å². The Bertz CT molecular complexity index is 429. The molecule has 0 spiro atoms. The standard InChI is InChI=1S/C18H34N2O4/c1-17(2,3)23-15(21)13-20-10-8-14(9-11-20)12-19(7)16(22)24-18(4,5)6/h14H,8-13H2,1-7H3. The molecule has 6 nitrogen and oxygen atoms in total. The molecule has 0 atom stereocenters. The summed E-state index contributed by atoms with van der Waals surface area (Å²) in [5, 5.41) is 0. The number of amides is 1. The Morgan fingerprint density at radius 1 is 1.00 bits per heavy atom. The fourth-order valence-electron chi connectivity index (χ4n) is 2.69. The van der Waals surface area contributed by atoms with Gasteiger partial charge in [0, 0.05) is 13.6 Å². The molecule has 0 aromatic heterocycles. The first-order valence-electron chi connectivity index (χ1n) is 8.74. The molecule has 1 rings (SSSR count). The quantitative estimate of drug-likeness (QED) is 0.735. The maximum absolute atomic E-state index is 12.0. The number of likely N-dealkylation sites (tertiary alicyclic amines) is 1. The number of carbonyl (C=O) groups is 2. The minimum absolute atomic E-state index is 0.174. The van der Waals surface area contributed by atoms with E-state index in [9.17, 15) is 9.59 Å². The van der Waals surface area contributed by atoms with Gasteiger partial charge in [-0.2, -0.15) is 0 Å². The highest BCUT2D eigenvalue weighted by Gasteiger charge is 2.26. The monoisotopic (exact) mass is 342 g/mol. The average molecular weight is 342 g/mol. The van der Waals surface area contributed by atoms with E-state index in [1.165, 1.54) is 0 Å². The maximum Gasteiger partial charge on any atom is 0.410 e. The van der Waals surface area contributed by atoms with Gasteiger partial charge in [0.1, 0.15) is 11.2 Å². The summed E-state index contributed by atoms with van der Waals surface area (Å²) in [7, 11) is 1.78. The minimum atomic E-state index is -0.470. The van der Waals surface area contributed by atoms with Crippen molar-refractivity contribution in [1.82, 2.24) is 9.80 Å². The first-order valence-corrected chi connectivity index (χ1v) is 8.74. The fourth-order valence-corrected chi connectivity index (χ4v) is 2.69. The summed E-state index contributed by atoms with van der Waals surface area (Å²) in [6, 6.07) is 0. The first-order chi connectivity index (χ1) is 10.9.